The Labute approximate surface area is 230 Å². The summed E-state index contributed by atoms with van der Waals surface area (Å²) >= 11 is 0. The summed E-state index contributed by atoms with van der Waals surface area (Å²) in [6, 6.07) is 5.15. The number of pyridine rings is 1. The number of aromatic nitrogens is 1. The molecule has 0 radical (unpaired) electrons. The second-order valence-corrected chi connectivity index (χ2v) is 9.53. The molecular formula is C28H43F3N4O4. The fourth-order valence-electron chi connectivity index (χ4n) is 3.42. The molecule has 3 rings (SSSR count). The van der Waals surface area contributed by atoms with Gasteiger partial charge in [0.2, 0.25) is 0 Å². The first-order valence-electron chi connectivity index (χ1n) is 13.1. The lowest BCUT2D eigenvalue weighted by atomic mass is 9.84. The molecule has 1 aromatic carbocycles. The minimum atomic E-state index is -4.42. The number of aryl methyl sites for hydroxylation is 1. The molecule has 1 aliphatic heterocycles. The zero-order valence-electron chi connectivity index (χ0n) is 24.4. The molecule has 1 saturated heterocycles. The van der Waals surface area contributed by atoms with Crippen LogP contribution in [0.5, 0.6) is 5.75 Å². The average Bonchev–Trinajstić information content (AvgIpc) is 3.39. The van der Waals surface area contributed by atoms with Gasteiger partial charge < -0.3 is 18.9 Å². The van der Waals surface area contributed by atoms with Gasteiger partial charge in [0.05, 0.1) is 31.0 Å². The van der Waals surface area contributed by atoms with Gasteiger partial charge in [-0.15, -0.1) is 0 Å². The SMILES string of the molecule is C=NNC(=NCC1OCCO1)OCc1cc(C)c2cc(OCC(F)(F)F)cc(C(C)(C)C)c2n1.CC.CCC. The molecule has 11 heteroatoms. The average molecular weight is 557 g/mol. The number of aliphatic imine (C=N–C) groups is 1. The van der Waals surface area contributed by atoms with Crippen molar-refractivity contribution >= 4 is 23.6 Å². The van der Waals surface area contributed by atoms with Crippen LogP contribution >= 0.6 is 0 Å². The number of nitrogens with zero attached hydrogens (tertiary/aromatic N) is 3. The third-order valence-electron chi connectivity index (χ3n) is 4.96. The summed E-state index contributed by atoms with van der Waals surface area (Å²) in [4.78, 5) is 9.01. The van der Waals surface area contributed by atoms with E-state index in [1.165, 1.54) is 6.42 Å². The molecule has 0 unspecified atom stereocenters. The van der Waals surface area contributed by atoms with Crippen molar-refractivity contribution in [3.8, 4) is 5.75 Å². The number of benzene rings is 1. The number of alkyl halides is 3. The Morgan fingerprint density at radius 1 is 1.13 bits per heavy atom. The number of hydrazone groups is 1. The summed E-state index contributed by atoms with van der Waals surface area (Å²) in [5.41, 5.74) is 5.08. The molecule has 0 saturated carbocycles. The number of nitrogens with one attached hydrogen (secondary N) is 1. The van der Waals surface area contributed by atoms with Crippen molar-refractivity contribution in [1.82, 2.24) is 10.4 Å². The number of fused-ring (bicyclic) bond motifs is 1. The van der Waals surface area contributed by atoms with Crippen molar-refractivity contribution in [2.24, 2.45) is 10.1 Å². The highest BCUT2D eigenvalue weighted by atomic mass is 19.4. The van der Waals surface area contributed by atoms with Gasteiger partial charge in [0.1, 0.15) is 12.4 Å². The van der Waals surface area contributed by atoms with Crippen LogP contribution in [0.2, 0.25) is 0 Å². The maximum absolute atomic E-state index is 12.7. The predicted octanol–water partition coefficient (Wildman–Crippen LogP) is 6.68. The molecule has 0 spiro atoms. The standard InChI is InChI=1S/C23H29F3N4O4.C3H8.C2H6/c1-14-8-15(12-33-21(30-27-5)28-11-19-31-6-7-32-19)29-20-17(14)9-16(34-13-23(24,25)26)10-18(20)22(2,3)4;1-3-2;1-2/h8-10,19H,5-7,11-13H2,1-4H3,(H,28,30);3H2,1-2H3;1-2H3. The van der Waals surface area contributed by atoms with Gasteiger partial charge in [0.15, 0.2) is 12.9 Å². The summed E-state index contributed by atoms with van der Waals surface area (Å²) in [7, 11) is 0. The number of hydrogen-bond acceptors (Lipinski definition) is 7. The lowest BCUT2D eigenvalue weighted by Gasteiger charge is -2.23. The van der Waals surface area contributed by atoms with Gasteiger partial charge in [-0.1, -0.05) is 54.9 Å². The smallest absolute Gasteiger partial charge is 0.422 e. The van der Waals surface area contributed by atoms with Gasteiger partial charge >= 0.3 is 12.2 Å². The highest BCUT2D eigenvalue weighted by Gasteiger charge is 2.29. The first kappa shape index (κ1) is 34.1. The van der Waals surface area contributed by atoms with Crippen LogP contribution in [0.15, 0.2) is 28.3 Å². The zero-order valence-corrected chi connectivity index (χ0v) is 24.4. The number of amidine groups is 1. The van der Waals surface area contributed by atoms with Crippen LogP contribution in [0.25, 0.3) is 10.9 Å². The molecule has 8 nitrogen and oxygen atoms in total. The minimum Gasteiger partial charge on any atom is -0.484 e. The zero-order chi connectivity index (χ0) is 29.6. The van der Waals surface area contributed by atoms with Crippen LogP contribution in [0.3, 0.4) is 0 Å². The fraction of sp³-hybridized carbons (Fsp3) is 0.607. The van der Waals surface area contributed by atoms with Crippen molar-refractivity contribution < 1.29 is 32.1 Å². The van der Waals surface area contributed by atoms with E-state index in [0.29, 0.717) is 29.8 Å². The highest BCUT2D eigenvalue weighted by molar-refractivity contribution is 5.87. The quantitative estimate of drug-likeness (QED) is 0.233. The van der Waals surface area contributed by atoms with Gasteiger partial charge in [0.25, 0.3) is 0 Å². The Morgan fingerprint density at radius 3 is 2.28 bits per heavy atom. The summed E-state index contributed by atoms with van der Waals surface area (Å²) in [6.07, 6.45) is -3.61. The summed E-state index contributed by atoms with van der Waals surface area (Å²) in [5, 5.41) is 4.31. The molecule has 0 bridgehead atoms. The van der Waals surface area contributed by atoms with E-state index >= 15 is 0 Å². The minimum absolute atomic E-state index is 0.0838. The number of ether oxygens (including phenoxy) is 4. The molecule has 1 fully saturated rings. The van der Waals surface area contributed by atoms with E-state index in [9.17, 15) is 13.2 Å². The molecule has 0 aliphatic carbocycles. The van der Waals surface area contributed by atoms with E-state index in [-0.39, 0.29) is 24.9 Å². The normalized spacial score (nSPS) is 14.2. The van der Waals surface area contributed by atoms with Crippen molar-refractivity contribution in [3.05, 3.63) is 35.0 Å². The van der Waals surface area contributed by atoms with Crippen molar-refractivity contribution in [2.45, 2.75) is 86.3 Å². The second kappa shape index (κ2) is 16.2. The first-order valence-corrected chi connectivity index (χ1v) is 13.1. The van der Waals surface area contributed by atoms with E-state index in [4.69, 9.17) is 23.9 Å². The Bertz CT molecular complexity index is 1060. The van der Waals surface area contributed by atoms with Crippen molar-refractivity contribution in [1.29, 1.82) is 0 Å². The molecular weight excluding hydrogens is 513 g/mol. The lowest BCUT2D eigenvalue weighted by Crippen LogP contribution is -2.24. The van der Waals surface area contributed by atoms with E-state index in [1.54, 1.807) is 12.1 Å². The van der Waals surface area contributed by atoms with Crippen LogP contribution in [-0.2, 0) is 26.2 Å². The number of halogens is 3. The molecule has 1 aromatic heterocycles. The van der Waals surface area contributed by atoms with Crippen LogP contribution in [0.1, 0.15) is 71.7 Å². The monoisotopic (exact) mass is 556 g/mol. The van der Waals surface area contributed by atoms with E-state index in [2.05, 4.69) is 36.1 Å². The van der Waals surface area contributed by atoms with E-state index in [1.807, 2.05) is 47.6 Å². The first-order chi connectivity index (χ1) is 18.4. The maximum atomic E-state index is 12.7. The molecule has 0 amide bonds. The summed E-state index contributed by atoms with van der Waals surface area (Å²) in [5.74, 6) is 0.149. The lowest BCUT2D eigenvalue weighted by molar-refractivity contribution is -0.153. The Hall–Kier alpha value is -2.92. The maximum Gasteiger partial charge on any atom is 0.422 e. The van der Waals surface area contributed by atoms with Crippen LogP contribution in [-0.4, -0.2) is 56.6 Å². The summed E-state index contributed by atoms with van der Waals surface area (Å²) in [6.45, 7) is 19.4. The van der Waals surface area contributed by atoms with Crippen LogP contribution < -0.4 is 10.2 Å². The third-order valence-corrected chi connectivity index (χ3v) is 4.96. The van der Waals surface area contributed by atoms with Gasteiger partial charge in [-0.25, -0.2) is 15.4 Å². The van der Waals surface area contributed by atoms with Gasteiger partial charge in [-0.3, -0.25) is 0 Å². The number of hydrogen-bond donors (Lipinski definition) is 1. The molecule has 2 heterocycles. The molecule has 1 N–H and O–H groups in total. The third kappa shape index (κ3) is 11.8. The summed E-state index contributed by atoms with van der Waals surface area (Å²) < 4.78 is 59.5. The largest absolute Gasteiger partial charge is 0.484 e. The van der Waals surface area contributed by atoms with Crippen LogP contribution in [0, 0.1) is 6.92 Å². The molecule has 39 heavy (non-hydrogen) atoms. The van der Waals surface area contributed by atoms with E-state index < -0.39 is 24.5 Å². The number of rotatable bonds is 7. The molecule has 0 atom stereocenters. The Kier molecular flexibility index (Phi) is 14.2. The van der Waals surface area contributed by atoms with Gasteiger partial charge in [-0.05, 0) is 41.7 Å². The van der Waals surface area contributed by atoms with Gasteiger partial charge in [-0.2, -0.15) is 18.3 Å². The second-order valence-electron chi connectivity index (χ2n) is 9.53. The molecule has 1 aliphatic rings. The highest BCUT2D eigenvalue weighted by Crippen LogP contribution is 2.35. The van der Waals surface area contributed by atoms with Crippen molar-refractivity contribution in [3.63, 3.8) is 0 Å². The Morgan fingerprint density at radius 2 is 1.74 bits per heavy atom. The van der Waals surface area contributed by atoms with Crippen molar-refractivity contribution in [2.75, 3.05) is 26.4 Å². The molecule has 2 aromatic rings. The predicted molar refractivity (Wildman–Crippen MR) is 150 cm³/mol. The molecule has 220 valence electrons. The van der Waals surface area contributed by atoms with Gasteiger partial charge in [0, 0.05) is 12.1 Å². The Balaban J connectivity index is 0.00000142. The van der Waals surface area contributed by atoms with E-state index in [0.717, 1.165) is 11.1 Å². The topological polar surface area (TPSA) is 86.6 Å². The van der Waals surface area contributed by atoms with Crippen LogP contribution in [0.4, 0.5) is 13.2 Å². The fourth-order valence-corrected chi connectivity index (χ4v) is 3.42.